The average molecular weight is 953 g/mol. The lowest BCUT2D eigenvalue weighted by molar-refractivity contribution is 0.332. The second-order valence-corrected chi connectivity index (χ2v) is 28.6. The fraction of sp³-hybridized carbons (Fsp3) is 0.441. The summed E-state index contributed by atoms with van der Waals surface area (Å²) in [7, 11) is 0. The molecule has 0 saturated carbocycles. The van der Waals surface area contributed by atoms with E-state index in [0.717, 1.165) is 30.0 Å². The van der Waals surface area contributed by atoms with Gasteiger partial charge in [-0.3, -0.25) is 4.90 Å². The molecule has 0 N–H and O–H groups in total. The molecule has 4 aliphatic rings. The minimum Gasteiger partial charge on any atom is -0.440 e. The molecule has 0 atom stereocenters. The molecule has 7 aromatic rings. The van der Waals surface area contributed by atoms with E-state index in [0.29, 0.717) is 0 Å². The molecule has 2 aliphatic heterocycles. The number of aryl methyl sites for hydroxylation is 2. The van der Waals surface area contributed by atoms with Crippen LogP contribution in [0.15, 0.2) is 101 Å². The Morgan fingerprint density at radius 1 is 0.472 bits per heavy atom. The molecular formula is C68H81BN2O. The Hall–Kier alpha value is -5.48. The molecule has 0 saturated heterocycles. The van der Waals surface area contributed by atoms with Crippen LogP contribution in [0.5, 0.6) is 0 Å². The Morgan fingerprint density at radius 2 is 1.00 bits per heavy atom. The van der Waals surface area contributed by atoms with Gasteiger partial charge in [-0.05, 0) is 193 Å². The van der Waals surface area contributed by atoms with Crippen molar-refractivity contribution < 1.29 is 4.42 Å². The Kier molecular flexibility index (Phi) is 10.5. The van der Waals surface area contributed by atoms with E-state index in [1.165, 1.54) is 119 Å². The van der Waals surface area contributed by atoms with Gasteiger partial charge in [0.15, 0.2) is 0 Å². The molecule has 3 nitrogen and oxygen atoms in total. The van der Waals surface area contributed by atoms with Crippen LogP contribution in [0.1, 0.15) is 193 Å². The van der Waals surface area contributed by atoms with Gasteiger partial charge >= 0.3 is 0 Å². The lowest BCUT2D eigenvalue weighted by Crippen LogP contribution is -2.61. The quantitative estimate of drug-likeness (QED) is 0.165. The van der Waals surface area contributed by atoms with Crippen LogP contribution >= 0.6 is 0 Å². The van der Waals surface area contributed by atoms with Gasteiger partial charge in [0.25, 0.3) is 6.71 Å². The molecule has 2 aliphatic carbocycles. The number of hydrogen-bond donors (Lipinski definition) is 0. The number of furan rings is 1. The smallest absolute Gasteiger partial charge is 0.257 e. The maximum Gasteiger partial charge on any atom is 0.257 e. The van der Waals surface area contributed by atoms with E-state index < -0.39 is 0 Å². The predicted octanol–water partition coefficient (Wildman–Crippen LogP) is 17.4. The summed E-state index contributed by atoms with van der Waals surface area (Å²) in [5.41, 5.74) is 26.2. The lowest BCUT2D eigenvalue weighted by Gasteiger charge is -2.47. The molecular weight excluding hydrogens is 872 g/mol. The topological polar surface area (TPSA) is 19.6 Å². The third kappa shape index (κ3) is 7.48. The molecule has 72 heavy (non-hydrogen) atoms. The van der Waals surface area contributed by atoms with Crippen molar-refractivity contribution in [2.75, 3.05) is 9.80 Å². The van der Waals surface area contributed by atoms with E-state index >= 15 is 0 Å². The summed E-state index contributed by atoms with van der Waals surface area (Å²) in [6.07, 6.45) is 4.67. The number of benzene rings is 6. The Labute approximate surface area is 433 Å². The monoisotopic (exact) mass is 953 g/mol. The van der Waals surface area contributed by atoms with Crippen LogP contribution in [0.4, 0.5) is 34.3 Å². The molecule has 0 radical (unpaired) electrons. The first-order valence-electron chi connectivity index (χ1n) is 27.3. The van der Waals surface area contributed by atoms with Crippen LogP contribution in [-0.2, 0) is 37.9 Å². The molecule has 6 aromatic carbocycles. The minimum atomic E-state index is -0.0751. The largest absolute Gasteiger partial charge is 0.440 e. The Bertz CT molecular complexity index is 3390. The summed E-state index contributed by atoms with van der Waals surface area (Å²) in [6, 6.07) is 39.2. The first-order chi connectivity index (χ1) is 33.4. The standard InChI is InChI=1S/C68H81BN2O/c1-40-32-55-59-56(33-40)71(60-41(2)34-45(64(9,10)11)37-47(60)42-20-26-49-50(35-42)66(14,15)29-28-65(49,12)13)54-39-52-51(67(16,17)30-31-68(52,18)19)38-53(54)69(59)58-48-36-44(63(6,7)8)23-27-57(48)72-61(58)70(55)46-24-21-43(22-25-46)62(3,4)5/h20-27,32-39H,28-31H2,1-19H3. The number of hydrogen-bond acceptors (Lipinski definition) is 3. The lowest BCUT2D eigenvalue weighted by atomic mass is 9.33. The van der Waals surface area contributed by atoms with Crippen molar-refractivity contribution in [3.63, 3.8) is 0 Å². The zero-order valence-corrected chi connectivity index (χ0v) is 47.4. The Balaban J connectivity index is 1.29. The maximum absolute atomic E-state index is 7.36. The predicted molar refractivity (Wildman–Crippen MR) is 312 cm³/mol. The van der Waals surface area contributed by atoms with Crippen molar-refractivity contribution in [2.45, 2.75) is 195 Å². The molecule has 0 amide bonds. The van der Waals surface area contributed by atoms with E-state index in [2.05, 4.69) is 238 Å². The van der Waals surface area contributed by atoms with Crippen molar-refractivity contribution in [1.82, 2.24) is 0 Å². The highest BCUT2D eigenvalue weighted by molar-refractivity contribution is 7.01. The van der Waals surface area contributed by atoms with Crippen molar-refractivity contribution in [3.8, 4) is 11.1 Å². The van der Waals surface area contributed by atoms with Crippen LogP contribution in [0.25, 0.3) is 22.1 Å². The second kappa shape index (κ2) is 15.5. The average Bonchev–Trinajstić information content (AvgIpc) is 3.66. The van der Waals surface area contributed by atoms with E-state index in [9.17, 15) is 0 Å². The van der Waals surface area contributed by atoms with Gasteiger partial charge in [0.05, 0.1) is 5.69 Å². The molecule has 4 heteroatoms. The zero-order chi connectivity index (χ0) is 51.8. The second-order valence-electron chi connectivity index (χ2n) is 28.6. The van der Waals surface area contributed by atoms with E-state index in [4.69, 9.17) is 4.42 Å². The summed E-state index contributed by atoms with van der Waals surface area (Å²) in [6.45, 7) is 45.4. The van der Waals surface area contributed by atoms with Crippen molar-refractivity contribution >= 4 is 68.4 Å². The molecule has 372 valence electrons. The summed E-state index contributed by atoms with van der Waals surface area (Å²) in [5, 5.41) is 1.21. The molecule has 0 unspecified atom stereocenters. The Morgan fingerprint density at radius 3 is 1.58 bits per heavy atom. The number of nitrogens with zero attached hydrogens (tertiary/aromatic N) is 2. The van der Waals surface area contributed by atoms with E-state index in [1.807, 2.05) is 0 Å². The van der Waals surface area contributed by atoms with Crippen molar-refractivity contribution in [3.05, 3.63) is 147 Å². The molecule has 3 heterocycles. The van der Waals surface area contributed by atoms with Crippen LogP contribution in [-0.4, -0.2) is 6.71 Å². The van der Waals surface area contributed by atoms with Gasteiger partial charge in [-0.2, -0.15) is 0 Å². The van der Waals surface area contributed by atoms with Gasteiger partial charge in [0.2, 0.25) is 5.88 Å². The number of anilines is 6. The van der Waals surface area contributed by atoms with Gasteiger partial charge in [-0.15, -0.1) is 0 Å². The highest BCUT2D eigenvalue weighted by Crippen LogP contribution is 2.55. The van der Waals surface area contributed by atoms with Gasteiger partial charge in [-0.1, -0.05) is 166 Å². The summed E-state index contributed by atoms with van der Waals surface area (Å²) in [5.74, 6) is 0.927. The minimum absolute atomic E-state index is 0.00608. The molecule has 0 bridgehead atoms. The number of fused-ring (bicyclic) bond motifs is 8. The molecule has 0 fully saturated rings. The van der Waals surface area contributed by atoms with Crippen LogP contribution < -0.4 is 26.2 Å². The first kappa shape index (κ1) is 48.8. The molecule has 1 aromatic heterocycles. The highest BCUT2D eigenvalue weighted by atomic mass is 16.4. The van der Waals surface area contributed by atoms with Gasteiger partial charge in [0.1, 0.15) is 5.58 Å². The zero-order valence-electron chi connectivity index (χ0n) is 47.4. The van der Waals surface area contributed by atoms with Crippen LogP contribution in [0, 0.1) is 13.8 Å². The van der Waals surface area contributed by atoms with Crippen molar-refractivity contribution in [1.29, 1.82) is 0 Å². The van der Waals surface area contributed by atoms with Gasteiger partial charge < -0.3 is 9.32 Å². The first-order valence-corrected chi connectivity index (χ1v) is 27.3. The van der Waals surface area contributed by atoms with Crippen molar-refractivity contribution in [2.24, 2.45) is 0 Å². The third-order valence-electron chi connectivity index (χ3n) is 18.2. The molecule has 0 spiro atoms. The maximum atomic E-state index is 7.36. The fourth-order valence-electron chi connectivity index (χ4n) is 13.3. The van der Waals surface area contributed by atoms with E-state index in [-0.39, 0.29) is 44.6 Å². The summed E-state index contributed by atoms with van der Waals surface area (Å²) >= 11 is 0. The molecule has 11 rings (SSSR count). The third-order valence-corrected chi connectivity index (χ3v) is 18.2. The number of rotatable bonds is 3. The SMILES string of the molecule is Cc1cc2c3c(c1)N(c1c(C)cc(C(C)(C)C)cc1-c1ccc4c(c1)C(C)(C)CCC4(C)C)c1cc4c(cc1B3c1c(oc3ccc(C(C)(C)C)cc13)N2c1ccc(C(C)(C)C)cc1)C(C)(C)CCC4(C)C. The van der Waals surface area contributed by atoms with Gasteiger partial charge in [0, 0.05) is 39.2 Å². The summed E-state index contributed by atoms with van der Waals surface area (Å²) < 4.78 is 7.36. The van der Waals surface area contributed by atoms with Crippen LogP contribution in [0.2, 0.25) is 0 Å². The highest BCUT2D eigenvalue weighted by Gasteiger charge is 2.49. The normalized spacial score (nSPS) is 18.3. The van der Waals surface area contributed by atoms with E-state index in [1.54, 1.807) is 0 Å². The van der Waals surface area contributed by atoms with Gasteiger partial charge in [-0.25, -0.2) is 0 Å². The summed E-state index contributed by atoms with van der Waals surface area (Å²) in [4.78, 5) is 5.22. The van der Waals surface area contributed by atoms with Crippen LogP contribution in [0.3, 0.4) is 0 Å². The fourth-order valence-corrected chi connectivity index (χ4v) is 13.3.